The minimum absolute atomic E-state index is 0.152. The van der Waals surface area contributed by atoms with Crippen molar-refractivity contribution >= 4 is 22.5 Å². The lowest BCUT2D eigenvalue weighted by atomic mass is 10.2. The number of fused-ring (bicyclic) bond motifs is 1. The Morgan fingerprint density at radius 2 is 2.17 bits per heavy atom. The van der Waals surface area contributed by atoms with E-state index in [4.69, 9.17) is 25.6 Å². The van der Waals surface area contributed by atoms with E-state index in [9.17, 15) is 0 Å². The van der Waals surface area contributed by atoms with Crippen LogP contribution in [0.5, 0.6) is 5.75 Å². The van der Waals surface area contributed by atoms with Crippen LogP contribution in [-0.4, -0.2) is 21.7 Å². The first-order valence-electron chi connectivity index (χ1n) is 7.29. The molecule has 0 aliphatic rings. The average Bonchev–Trinajstić information content (AvgIpc) is 3.04. The number of halogens is 1. The zero-order valence-corrected chi connectivity index (χ0v) is 13.6. The Labute approximate surface area is 138 Å². The predicted octanol–water partition coefficient (Wildman–Crippen LogP) is 3.95. The molecule has 0 saturated carbocycles. The molecule has 0 aliphatic carbocycles. The van der Waals surface area contributed by atoms with Gasteiger partial charge in [-0.3, -0.25) is 4.98 Å². The van der Waals surface area contributed by atoms with E-state index in [1.165, 1.54) is 0 Å². The van der Waals surface area contributed by atoms with Gasteiger partial charge in [-0.2, -0.15) is 4.98 Å². The fourth-order valence-electron chi connectivity index (χ4n) is 2.18. The van der Waals surface area contributed by atoms with Gasteiger partial charge in [-0.15, -0.1) is 0 Å². The SMILES string of the molecule is CCO[C@H](C)c1noc(COc2ccc(Cl)c3cccnc23)n1. The molecule has 2 aromatic heterocycles. The standard InChI is InChI=1S/C16H16ClN3O3/c1-3-21-10(2)16-19-14(23-20-16)9-22-13-7-6-12(17)11-5-4-8-18-15(11)13/h4-8,10H,3,9H2,1-2H3/t10-/m1/s1. The van der Waals surface area contributed by atoms with Crippen LogP contribution < -0.4 is 4.74 Å². The number of aromatic nitrogens is 3. The molecule has 3 aromatic rings. The van der Waals surface area contributed by atoms with Crippen molar-refractivity contribution in [3.05, 3.63) is 47.2 Å². The first-order chi connectivity index (χ1) is 11.2. The molecule has 7 heteroatoms. The molecular weight excluding hydrogens is 318 g/mol. The molecule has 1 atom stereocenters. The molecule has 0 spiro atoms. The maximum absolute atomic E-state index is 6.16. The molecule has 1 aromatic carbocycles. The molecule has 120 valence electrons. The second kappa shape index (κ2) is 6.93. The molecule has 2 heterocycles. The Morgan fingerprint density at radius 3 is 3.00 bits per heavy atom. The van der Waals surface area contributed by atoms with E-state index in [0.717, 1.165) is 5.39 Å². The molecule has 0 fully saturated rings. The van der Waals surface area contributed by atoms with E-state index in [1.54, 1.807) is 18.3 Å². The summed E-state index contributed by atoms with van der Waals surface area (Å²) in [5.41, 5.74) is 0.697. The Morgan fingerprint density at radius 1 is 1.30 bits per heavy atom. The van der Waals surface area contributed by atoms with Crippen LogP contribution in [-0.2, 0) is 11.3 Å². The summed E-state index contributed by atoms with van der Waals surface area (Å²) in [6.07, 6.45) is 1.48. The highest BCUT2D eigenvalue weighted by molar-refractivity contribution is 6.35. The second-order valence-corrected chi connectivity index (χ2v) is 5.28. The fourth-order valence-corrected chi connectivity index (χ4v) is 2.40. The summed E-state index contributed by atoms with van der Waals surface area (Å²) in [6.45, 7) is 4.53. The fraction of sp³-hybridized carbons (Fsp3) is 0.312. The summed E-state index contributed by atoms with van der Waals surface area (Å²) in [5, 5.41) is 5.36. The number of nitrogens with zero attached hydrogens (tertiary/aromatic N) is 3. The number of hydrogen-bond donors (Lipinski definition) is 0. The van der Waals surface area contributed by atoms with Crippen LogP contribution in [0.4, 0.5) is 0 Å². The molecule has 0 aliphatic heterocycles. The number of hydrogen-bond acceptors (Lipinski definition) is 6. The summed E-state index contributed by atoms with van der Waals surface area (Å²) in [6, 6.07) is 7.28. The maximum Gasteiger partial charge on any atom is 0.264 e. The third-order valence-corrected chi connectivity index (χ3v) is 3.62. The Kier molecular flexibility index (Phi) is 4.73. The number of pyridine rings is 1. The average molecular weight is 334 g/mol. The Hall–Kier alpha value is -2.18. The van der Waals surface area contributed by atoms with Crippen molar-refractivity contribution < 1.29 is 14.0 Å². The molecule has 0 bridgehead atoms. The van der Waals surface area contributed by atoms with Gasteiger partial charge in [0.2, 0.25) is 0 Å². The van der Waals surface area contributed by atoms with Crippen LogP contribution in [0.25, 0.3) is 10.9 Å². The molecule has 0 N–H and O–H groups in total. The van der Waals surface area contributed by atoms with Gasteiger partial charge in [0.1, 0.15) is 17.4 Å². The Bertz CT molecular complexity index is 806. The van der Waals surface area contributed by atoms with Crippen LogP contribution in [0.3, 0.4) is 0 Å². The summed E-state index contributed by atoms with van der Waals surface area (Å²) in [7, 11) is 0. The first kappa shape index (κ1) is 15.7. The minimum Gasteiger partial charge on any atom is -0.481 e. The van der Waals surface area contributed by atoms with Crippen molar-refractivity contribution in [2.75, 3.05) is 6.61 Å². The molecule has 23 heavy (non-hydrogen) atoms. The van der Waals surface area contributed by atoms with Gasteiger partial charge < -0.3 is 14.0 Å². The topological polar surface area (TPSA) is 70.3 Å². The zero-order valence-electron chi connectivity index (χ0n) is 12.8. The smallest absolute Gasteiger partial charge is 0.264 e. The first-order valence-corrected chi connectivity index (χ1v) is 7.67. The largest absolute Gasteiger partial charge is 0.481 e. The van der Waals surface area contributed by atoms with Crippen LogP contribution in [0, 0.1) is 0 Å². The number of rotatable bonds is 6. The number of ether oxygens (including phenoxy) is 2. The summed E-state index contributed by atoms with van der Waals surface area (Å²) in [5.74, 6) is 1.50. The van der Waals surface area contributed by atoms with Crippen molar-refractivity contribution in [1.29, 1.82) is 0 Å². The minimum atomic E-state index is -0.212. The Balaban J connectivity index is 1.75. The normalized spacial score (nSPS) is 12.5. The van der Waals surface area contributed by atoms with E-state index in [2.05, 4.69) is 15.1 Å². The molecule has 0 saturated heterocycles. The lowest BCUT2D eigenvalue weighted by Crippen LogP contribution is -2.02. The zero-order chi connectivity index (χ0) is 16.2. The molecule has 3 rings (SSSR count). The van der Waals surface area contributed by atoms with E-state index < -0.39 is 0 Å². The summed E-state index contributed by atoms with van der Waals surface area (Å²) >= 11 is 6.16. The third kappa shape index (κ3) is 3.43. The molecule has 6 nitrogen and oxygen atoms in total. The van der Waals surface area contributed by atoms with Crippen molar-refractivity contribution in [3.63, 3.8) is 0 Å². The van der Waals surface area contributed by atoms with E-state index in [0.29, 0.717) is 34.6 Å². The van der Waals surface area contributed by atoms with Gasteiger partial charge in [-0.1, -0.05) is 16.8 Å². The highest BCUT2D eigenvalue weighted by Crippen LogP contribution is 2.30. The van der Waals surface area contributed by atoms with Crippen LogP contribution >= 0.6 is 11.6 Å². The van der Waals surface area contributed by atoms with Gasteiger partial charge in [-0.05, 0) is 38.1 Å². The predicted molar refractivity (Wildman–Crippen MR) is 85.4 cm³/mol. The lowest BCUT2D eigenvalue weighted by Gasteiger charge is -2.07. The van der Waals surface area contributed by atoms with Crippen molar-refractivity contribution in [2.24, 2.45) is 0 Å². The molecule has 0 radical (unpaired) electrons. The summed E-state index contributed by atoms with van der Waals surface area (Å²) in [4.78, 5) is 8.58. The van der Waals surface area contributed by atoms with E-state index in [1.807, 2.05) is 26.0 Å². The van der Waals surface area contributed by atoms with Gasteiger partial charge in [0.15, 0.2) is 12.4 Å². The van der Waals surface area contributed by atoms with Crippen LogP contribution in [0.2, 0.25) is 5.02 Å². The van der Waals surface area contributed by atoms with Gasteiger partial charge >= 0.3 is 0 Å². The highest BCUT2D eigenvalue weighted by Gasteiger charge is 2.15. The van der Waals surface area contributed by atoms with Crippen LogP contribution in [0.1, 0.15) is 31.7 Å². The van der Waals surface area contributed by atoms with Gasteiger partial charge in [0.25, 0.3) is 5.89 Å². The van der Waals surface area contributed by atoms with Crippen molar-refractivity contribution in [2.45, 2.75) is 26.6 Å². The second-order valence-electron chi connectivity index (χ2n) is 4.88. The monoisotopic (exact) mass is 333 g/mol. The van der Waals surface area contributed by atoms with Gasteiger partial charge in [0.05, 0.1) is 5.02 Å². The molecular formula is C16H16ClN3O3. The quantitative estimate of drug-likeness (QED) is 0.680. The third-order valence-electron chi connectivity index (χ3n) is 3.29. The van der Waals surface area contributed by atoms with Crippen molar-refractivity contribution in [1.82, 2.24) is 15.1 Å². The van der Waals surface area contributed by atoms with E-state index in [-0.39, 0.29) is 12.7 Å². The molecule has 0 amide bonds. The number of benzene rings is 1. The highest BCUT2D eigenvalue weighted by atomic mass is 35.5. The van der Waals surface area contributed by atoms with Crippen LogP contribution in [0.15, 0.2) is 35.0 Å². The summed E-state index contributed by atoms with van der Waals surface area (Å²) < 4.78 is 16.4. The van der Waals surface area contributed by atoms with Gasteiger partial charge in [-0.25, -0.2) is 0 Å². The van der Waals surface area contributed by atoms with Gasteiger partial charge in [0, 0.05) is 18.2 Å². The lowest BCUT2D eigenvalue weighted by molar-refractivity contribution is 0.0683. The van der Waals surface area contributed by atoms with E-state index >= 15 is 0 Å². The molecule has 0 unspecified atom stereocenters. The maximum atomic E-state index is 6.16. The van der Waals surface area contributed by atoms with Crippen molar-refractivity contribution in [3.8, 4) is 5.75 Å².